The van der Waals surface area contributed by atoms with E-state index in [1.54, 1.807) is 4.90 Å². The first-order valence-corrected chi connectivity index (χ1v) is 11.6. The van der Waals surface area contributed by atoms with E-state index < -0.39 is 18.0 Å². The molecule has 174 valence electrons. The Bertz CT molecular complexity index is 931. The second-order valence-corrected chi connectivity index (χ2v) is 9.67. The summed E-state index contributed by atoms with van der Waals surface area (Å²) in [4.78, 5) is 20.2. The lowest BCUT2D eigenvalue weighted by molar-refractivity contribution is -0.135. The molecule has 1 aromatic rings. The standard InChI is InChI=1S/C25H32F3N3O/c1-17-10-11-18(2)21(13-17)30-19(7-5-6-12-25(26,27)28)14-31-22-9-4-3-8-20(22)24(23(31)32)15-29-16-24/h3-4,8-9,17,29H,5-7,10-16H2,1-2H3. The summed E-state index contributed by atoms with van der Waals surface area (Å²) < 4.78 is 37.9. The van der Waals surface area contributed by atoms with Crippen molar-refractivity contribution < 1.29 is 18.0 Å². The highest BCUT2D eigenvalue weighted by Gasteiger charge is 2.54. The molecule has 0 bridgehead atoms. The molecule has 1 saturated heterocycles. The van der Waals surface area contributed by atoms with Crippen LogP contribution >= 0.6 is 0 Å². The molecule has 7 heteroatoms. The van der Waals surface area contributed by atoms with Gasteiger partial charge < -0.3 is 10.2 Å². The SMILES string of the molecule is CC1=C(N=C(CCCCC(F)(F)F)CN2C(=O)C3(CNC3)c3ccccc32)CC(C)CC1. The summed E-state index contributed by atoms with van der Waals surface area (Å²) in [5.41, 5.74) is 4.56. The van der Waals surface area contributed by atoms with Crippen LogP contribution < -0.4 is 10.2 Å². The minimum atomic E-state index is -4.14. The van der Waals surface area contributed by atoms with E-state index in [9.17, 15) is 18.0 Å². The molecule has 1 fully saturated rings. The fourth-order valence-corrected chi connectivity index (χ4v) is 5.02. The smallest absolute Gasteiger partial charge is 0.314 e. The zero-order valence-corrected chi connectivity index (χ0v) is 18.9. The van der Waals surface area contributed by atoms with Gasteiger partial charge in [0.25, 0.3) is 0 Å². The number of aliphatic imine (C=N–C) groups is 1. The number of fused-ring (bicyclic) bond motifs is 2. The van der Waals surface area contributed by atoms with E-state index in [0.717, 1.165) is 41.9 Å². The molecule has 1 amide bonds. The van der Waals surface area contributed by atoms with Crippen LogP contribution in [0.25, 0.3) is 0 Å². The molecule has 4 nitrogen and oxygen atoms in total. The van der Waals surface area contributed by atoms with Gasteiger partial charge in [-0.3, -0.25) is 9.79 Å². The third-order valence-corrected chi connectivity index (χ3v) is 7.07. The van der Waals surface area contributed by atoms with E-state index >= 15 is 0 Å². The average molecular weight is 448 g/mol. The van der Waals surface area contributed by atoms with Crippen LogP contribution in [0.15, 0.2) is 40.5 Å². The quantitative estimate of drug-likeness (QED) is 0.441. The van der Waals surface area contributed by atoms with Crippen molar-refractivity contribution in [3.63, 3.8) is 0 Å². The number of hydrogen-bond donors (Lipinski definition) is 1. The van der Waals surface area contributed by atoms with Gasteiger partial charge in [-0.1, -0.05) is 30.7 Å². The van der Waals surface area contributed by atoms with E-state index in [2.05, 4.69) is 19.2 Å². The van der Waals surface area contributed by atoms with Crippen molar-refractivity contribution >= 4 is 17.3 Å². The van der Waals surface area contributed by atoms with E-state index in [0.29, 0.717) is 38.4 Å². The normalized spacial score (nSPS) is 23.0. The predicted molar refractivity (Wildman–Crippen MR) is 121 cm³/mol. The van der Waals surface area contributed by atoms with Crippen LogP contribution in [0.4, 0.5) is 18.9 Å². The summed E-state index contributed by atoms with van der Waals surface area (Å²) in [5.74, 6) is 0.616. The Morgan fingerprint density at radius 3 is 2.69 bits per heavy atom. The molecule has 2 aliphatic heterocycles. The van der Waals surface area contributed by atoms with Crippen LogP contribution in [0.5, 0.6) is 0 Å². The Balaban J connectivity index is 1.57. The summed E-state index contributed by atoms with van der Waals surface area (Å²) in [7, 11) is 0. The number of carbonyl (C=O) groups excluding carboxylic acids is 1. The maximum atomic E-state index is 13.4. The number of nitrogens with one attached hydrogen (secondary N) is 1. The minimum Gasteiger partial charge on any atom is -0.314 e. The van der Waals surface area contributed by atoms with Crippen LogP contribution in [0.1, 0.15) is 64.4 Å². The number of para-hydroxylation sites is 1. The summed E-state index contributed by atoms with van der Waals surface area (Å²) in [6, 6.07) is 7.87. The van der Waals surface area contributed by atoms with Crippen LogP contribution in [-0.2, 0) is 10.2 Å². The van der Waals surface area contributed by atoms with Crippen molar-refractivity contribution in [2.45, 2.75) is 70.4 Å². The van der Waals surface area contributed by atoms with Crippen LogP contribution in [0.3, 0.4) is 0 Å². The molecule has 0 aromatic heterocycles. The van der Waals surface area contributed by atoms with Gasteiger partial charge in [0.2, 0.25) is 5.91 Å². The third-order valence-electron chi connectivity index (χ3n) is 7.07. The molecule has 2 heterocycles. The van der Waals surface area contributed by atoms with Gasteiger partial charge in [-0.2, -0.15) is 13.2 Å². The maximum absolute atomic E-state index is 13.4. The average Bonchev–Trinajstić information content (AvgIpc) is 2.95. The first kappa shape index (κ1) is 23.0. The van der Waals surface area contributed by atoms with E-state index in [1.807, 2.05) is 24.3 Å². The molecule has 0 radical (unpaired) electrons. The highest BCUT2D eigenvalue weighted by molar-refractivity contribution is 6.12. The number of carbonyl (C=O) groups is 1. The molecule has 4 rings (SSSR count). The highest BCUT2D eigenvalue weighted by Crippen LogP contribution is 2.44. The number of unbranched alkanes of at least 4 members (excludes halogenated alkanes) is 1. The Labute approximate surface area is 188 Å². The predicted octanol–water partition coefficient (Wildman–Crippen LogP) is 5.53. The van der Waals surface area contributed by atoms with Gasteiger partial charge in [0.1, 0.15) is 5.41 Å². The molecule has 1 atom stereocenters. The second kappa shape index (κ2) is 9.00. The number of anilines is 1. The second-order valence-electron chi connectivity index (χ2n) is 9.67. The van der Waals surface area contributed by atoms with Crippen molar-refractivity contribution in [3.05, 3.63) is 41.1 Å². The summed E-state index contributed by atoms with van der Waals surface area (Å²) in [6.45, 7) is 5.89. The molecular weight excluding hydrogens is 415 g/mol. The third kappa shape index (κ3) is 4.63. The van der Waals surface area contributed by atoms with Crippen molar-refractivity contribution in [1.82, 2.24) is 5.32 Å². The Morgan fingerprint density at radius 2 is 2.00 bits per heavy atom. The number of amides is 1. The van der Waals surface area contributed by atoms with Gasteiger partial charge in [0.05, 0.1) is 6.54 Å². The molecule has 0 saturated carbocycles. The van der Waals surface area contributed by atoms with Crippen LogP contribution in [0.2, 0.25) is 0 Å². The van der Waals surface area contributed by atoms with Crippen molar-refractivity contribution in [3.8, 4) is 0 Å². The van der Waals surface area contributed by atoms with Crippen molar-refractivity contribution in [2.24, 2.45) is 10.9 Å². The lowest BCUT2D eigenvalue weighted by atomic mass is 9.76. The topological polar surface area (TPSA) is 44.7 Å². The fraction of sp³-hybridized carbons (Fsp3) is 0.600. The molecule has 3 aliphatic rings. The van der Waals surface area contributed by atoms with Crippen LogP contribution in [-0.4, -0.2) is 37.4 Å². The highest BCUT2D eigenvalue weighted by atomic mass is 19.4. The maximum Gasteiger partial charge on any atom is 0.389 e. The zero-order valence-electron chi connectivity index (χ0n) is 18.9. The lowest BCUT2D eigenvalue weighted by Crippen LogP contribution is -2.62. The molecule has 1 N–H and O–H groups in total. The molecular formula is C25H32F3N3O. The van der Waals surface area contributed by atoms with Gasteiger partial charge in [0, 0.05) is 36.6 Å². The summed E-state index contributed by atoms with van der Waals surface area (Å²) in [5, 5.41) is 3.23. The van der Waals surface area contributed by atoms with E-state index in [4.69, 9.17) is 4.99 Å². The molecule has 1 aliphatic carbocycles. The van der Waals surface area contributed by atoms with Gasteiger partial charge in [0.15, 0.2) is 0 Å². The lowest BCUT2D eigenvalue weighted by Gasteiger charge is -2.38. The van der Waals surface area contributed by atoms with Crippen LogP contribution in [0, 0.1) is 5.92 Å². The van der Waals surface area contributed by atoms with Gasteiger partial charge in [-0.25, -0.2) is 0 Å². The number of hydrogen-bond acceptors (Lipinski definition) is 3. The van der Waals surface area contributed by atoms with E-state index in [1.165, 1.54) is 5.57 Å². The molecule has 32 heavy (non-hydrogen) atoms. The number of halogens is 3. The molecule has 1 spiro atoms. The number of nitrogens with zero attached hydrogens (tertiary/aromatic N) is 2. The van der Waals surface area contributed by atoms with Gasteiger partial charge in [-0.15, -0.1) is 0 Å². The van der Waals surface area contributed by atoms with E-state index in [-0.39, 0.29) is 12.3 Å². The largest absolute Gasteiger partial charge is 0.389 e. The number of rotatable bonds is 7. The number of alkyl halides is 3. The molecule has 1 unspecified atom stereocenters. The number of benzene rings is 1. The Hall–Kier alpha value is -2.15. The van der Waals surface area contributed by atoms with Gasteiger partial charge >= 0.3 is 6.18 Å². The summed E-state index contributed by atoms with van der Waals surface area (Å²) >= 11 is 0. The molecule has 1 aromatic carbocycles. The monoisotopic (exact) mass is 447 g/mol. The van der Waals surface area contributed by atoms with Crippen molar-refractivity contribution in [2.75, 3.05) is 24.5 Å². The number of allylic oxidation sites excluding steroid dienone is 2. The van der Waals surface area contributed by atoms with Crippen molar-refractivity contribution in [1.29, 1.82) is 0 Å². The first-order chi connectivity index (χ1) is 15.2. The minimum absolute atomic E-state index is 0.0724. The zero-order chi connectivity index (χ0) is 22.9. The summed E-state index contributed by atoms with van der Waals surface area (Å²) in [6.07, 6.45) is -0.927. The Kier molecular flexibility index (Phi) is 6.48. The first-order valence-electron chi connectivity index (χ1n) is 11.6. The Morgan fingerprint density at radius 1 is 1.25 bits per heavy atom. The fourth-order valence-electron chi connectivity index (χ4n) is 5.02. The van der Waals surface area contributed by atoms with Gasteiger partial charge in [-0.05, 0) is 63.0 Å².